The monoisotopic (exact) mass is 310 g/mol. The van der Waals surface area contributed by atoms with Crippen molar-refractivity contribution in [1.29, 1.82) is 0 Å². The van der Waals surface area contributed by atoms with Crippen LogP contribution in [0.3, 0.4) is 0 Å². The predicted octanol–water partition coefficient (Wildman–Crippen LogP) is 2.07. The van der Waals surface area contributed by atoms with E-state index in [1.54, 1.807) is 18.2 Å². The third-order valence-corrected chi connectivity index (χ3v) is 4.87. The Labute approximate surface area is 121 Å². The molecule has 0 saturated carbocycles. The SMILES string of the molecule is C=CCSc1ccccc1NS(=O)(=O)c1cn[nH]c1N. The number of nitrogens with zero attached hydrogens (tertiary/aromatic N) is 1. The predicted molar refractivity (Wildman–Crippen MR) is 81.2 cm³/mol. The van der Waals surface area contributed by atoms with Gasteiger partial charge in [-0.1, -0.05) is 18.2 Å². The van der Waals surface area contributed by atoms with Gasteiger partial charge in [-0.05, 0) is 12.1 Å². The molecular weight excluding hydrogens is 296 g/mol. The molecule has 4 N–H and O–H groups in total. The van der Waals surface area contributed by atoms with Crippen LogP contribution in [0.5, 0.6) is 0 Å². The zero-order valence-electron chi connectivity index (χ0n) is 10.5. The molecule has 1 aromatic carbocycles. The Bertz CT molecular complexity index is 710. The van der Waals surface area contributed by atoms with Crippen LogP contribution >= 0.6 is 11.8 Å². The molecule has 1 heterocycles. The van der Waals surface area contributed by atoms with Crippen molar-refractivity contribution in [2.45, 2.75) is 9.79 Å². The van der Waals surface area contributed by atoms with E-state index in [2.05, 4.69) is 21.5 Å². The number of nitrogen functional groups attached to an aromatic ring is 1. The van der Waals surface area contributed by atoms with Crippen LogP contribution in [0.25, 0.3) is 0 Å². The van der Waals surface area contributed by atoms with Gasteiger partial charge in [0.25, 0.3) is 10.0 Å². The fraction of sp³-hybridized carbons (Fsp3) is 0.0833. The van der Waals surface area contributed by atoms with Gasteiger partial charge in [0.2, 0.25) is 0 Å². The van der Waals surface area contributed by atoms with Gasteiger partial charge in [0.15, 0.2) is 0 Å². The van der Waals surface area contributed by atoms with E-state index in [9.17, 15) is 8.42 Å². The zero-order chi connectivity index (χ0) is 14.6. The Kier molecular flexibility index (Phi) is 4.35. The number of nitrogens with two attached hydrogens (primary N) is 1. The Morgan fingerprint density at radius 3 is 2.85 bits per heavy atom. The summed E-state index contributed by atoms with van der Waals surface area (Å²) in [5.74, 6) is 0.695. The molecule has 0 radical (unpaired) electrons. The second-order valence-electron chi connectivity index (χ2n) is 3.85. The van der Waals surface area contributed by atoms with Crippen LogP contribution in [-0.4, -0.2) is 24.4 Å². The molecule has 0 bridgehead atoms. The van der Waals surface area contributed by atoms with Crippen LogP contribution in [0.1, 0.15) is 0 Å². The molecule has 0 unspecified atom stereocenters. The van der Waals surface area contributed by atoms with Crippen molar-refractivity contribution in [3.8, 4) is 0 Å². The van der Waals surface area contributed by atoms with Gasteiger partial charge in [-0.2, -0.15) is 5.10 Å². The number of para-hydroxylation sites is 1. The van der Waals surface area contributed by atoms with Gasteiger partial charge in [-0.15, -0.1) is 18.3 Å². The number of hydrogen-bond acceptors (Lipinski definition) is 5. The maximum absolute atomic E-state index is 12.2. The first-order chi connectivity index (χ1) is 9.54. The topological polar surface area (TPSA) is 101 Å². The normalized spacial score (nSPS) is 11.2. The van der Waals surface area contributed by atoms with Gasteiger partial charge in [0.1, 0.15) is 10.7 Å². The lowest BCUT2D eigenvalue weighted by Crippen LogP contribution is -2.14. The molecule has 0 aliphatic rings. The second-order valence-corrected chi connectivity index (χ2v) is 6.56. The molecule has 8 heteroatoms. The number of rotatable bonds is 6. The van der Waals surface area contributed by atoms with E-state index in [1.165, 1.54) is 18.0 Å². The summed E-state index contributed by atoms with van der Waals surface area (Å²) >= 11 is 1.49. The third-order valence-electron chi connectivity index (χ3n) is 2.41. The van der Waals surface area contributed by atoms with Gasteiger partial charge in [-0.3, -0.25) is 9.82 Å². The summed E-state index contributed by atoms with van der Waals surface area (Å²) in [6.07, 6.45) is 2.93. The highest BCUT2D eigenvalue weighted by molar-refractivity contribution is 7.99. The number of benzene rings is 1. The molecule has 2 rings (SSSR count). The largest absolute Gasteiger partial charge is 0.383 e. The van der Waals surface area contributed by atoms with Crippen molar-refractivity contribution >= 4 is 33.3 Å². The summed E-state index contributed by atoms with van der Waals surface area (Å²) in [7, 11) is -3.76. The van der Waals surface area contributed by atoms with Crippen LogP contribution in [0, 0.1) is 0 Å². The van der Waals surface area contributed by atoms with Crippen LogP contribution in [0.4, 0.5) is 11.5 Å². The molecule has 0 fully saturated rings. The van der Waals surface area contributed by atoms with Crippen molar-refractivity contribution in [3.05, 3.63) is 43.1 Å². The average Bonchev–Trinajstić information content (AvgIpc) is 2.84. The molecule has 2 aromatic rings. The summed E-state index contributed by atoms with van der Waals surface area (Å²) in [5, 5.41) is 6.01. The Balaban J connectivity index is 2.30. The van der Waals surface area contributed by atoms with Crippen molar-refractivity contribution in [2.24, 2.45) is 0 Å². The van der Waals surface area contributed by atoms with Crippen LogP contribution in [0.15, 0.2) is 52.9 Å². The molecule has 6 nitrogen and oxygen atoms in total. The van der Waals surface area contributed by atoms with E-state index in [4.69, 9.17) is 5.73 Å². The van der Waals surface area contributed by atoms with Crippen molar-refractivity contribution in [2.75, 3.05) is 16.2 Å². The maximum atomic E-state index is 12.2. The minimum absolute atomic E-state index is 0.00808. The van der Waals surface area contributed by atoms with Crippen molar-refractivity contribution in [3.63, 3.8) is 0 Å². The molecule has 20 heavy (non-hydrogen) atoms. The lowest BCUT2D eigenvalue weighted by atomic mass is 10.3. The first-order valence-corrected chi connectivity index (χ1v) is 8.16. The number of hydrogen-bond donors (Lipinski definition) is 3. The van der Waals surface area contributed by atoms with Crippen molar-refractivity contribution in [1.82, 2.24) is 10.2 Å². The number of aromatic amines is 1. The Hall–Kier alpha value is -1.93. The van der Waals surface area contributed by atoms with E-state index >= 15 is 0 Å². The van der Waals surface area contributed by atoms with E-state index in [0.717, 1.165) is 4.90 Å². The lowest BCUT2D eigenvalue weighted by Gasteiger charge is -2.11. The summed E-state index contributed by atoms with van der Waals surface area (Å²) in [5.41, 5.74) is 6.04. The van der Waals surface area contributed by atoms with Crippen molar-refractivity contribution < 1.29 is 8.42 Å². The molecule has 0 aliphatic carbocycles. The molecule has 0 aliphatic heterocycles. The highest BCUT2D eigenvalue weighted by Gasteiger charge is 2.20. The van der Waals surface area contributed by atoms with Gasteiger partial charge in [0, 0.05) is 10.6 Å². The maximum Gasteiger partial charge on any atom is 0.267 e. The Morgan fingerprint density at radius 1 is 1.45 bits per heavy atom. The number of sulfonamides is 1. The van der Waals surface area contributed by atoms with Gasteiger partial charge in [-0.25, -0.2) is 8.42 Å². The number of H-pyrrole nitrogens is 1. The summed E-state index contributed by atoms with van der Waals surface area (Å²) in [4.78, 5) is 0.749. The van der Waals surface area contributed by atoms with Gasteiger partial charge in [0.05, 0.1) is 11.9 Å². The molecule has 0 saturated heterocycles. The summed E-state index contributed by atoms with van der Waals surface area (Å²) < 4.78 is 27.0. The van der Waals surface area contributed by atoms with E-state index < -0.39 is 10.0 Å². The number of aromatic nitrogens is 2. The van der Waals surface area contributed by atoms with E-state index in [0.29, 0.717) is 11.4 Å². The fourth-order valence-electron chi connectivity index (χ4n) is 1.52. The zero-order valence-corrected chi connectivity index (χ0v) is 12.2. The second kappa shape index (κ2) is 6.02. The summed E-state index contributed by atoms with van der Waals surface area (Å²) in [6, 6.07) is 7.13. The molecule has 0 amide bonds. The first kappa shape index (κ1) is 14.5. The van der Waals surface area contributed by atoms with Crippen LogP contribution < -0.4 is 10.5 Å². The molecule has 106 valence electrons. The number of thioether (sulfide) groups is 1. The highest BCUT2D eigenvalue weighted by Crippen LogP contribution is 2.29. The fourth-order valence-corrected chi connectivity index (χ4v) is 3.44. The molecule has 0 spiro atoms. The van der Waals surface area contributed by atoms with Crippen LogP contribution in [-0.2, 0) is 10.0 Å². The highest BCUT2D eigenvalue weighted by atomic mass is 32.2. The number of nitrogens with one attached hydrogen (secondary N) is 2. The minimum Gasteiger partial charge on any atom is -0.383 e. The third kappa shape index (κ3) is 3.14. The molecular formula is C12H14N4O2S2. The first-order valence-electron chi connectivity index (χ1n) is 5.69. The molecule has 0 atom stereocenters. The van der Waals surface area contributed by atoms with E-state index in [-0.39, 0.29) is 10.7 Å². The Morgan fingerprint density at radius 2 is 2.20 bits per heavy atom. The lowest BCUT2D eigenvalue weighted by molar-refractivity contribution is 0.601. The quantitative estimate of drug-likeness (QED) is 0.560. The standard InChI is InChI=1S/C12H14N4O2S2/c1-2-7-19-10-6-4-3-5-9(10)16-20(17,18)11-8-14-15-12(11)13/h2-6,8,16H,1,7H2,(H3,13,14,15). The van der Waals surface area contributed by atoms with Crippen LogP contribution in [0.2, 0.25) is 0 Å². The average molecular weight is 310 g/mol. The van der Waals surface area contributed by atoms with Gasteiger partial charge >= 0.3 is 0 Å². The summed E-state index contributed by atoms with van der Waals surface area (Å²) in [6.45, 7) is 3.64. The molecule has 1 aromatic heterocycles. The van der Waals surface area contributed by atoms with Gasteiger partial charge < -0.3 is 5.73 Å². The minimum atomic E-state index is -3.76. The number of anilines is 2. The van der Waals surface area contributed by atoms with E-state index in [1.807, 2.05) is 12.1 Å². The smallest absolute Gasteiger partial charge is 0.267 e.